The first-order valence-electron chi connectivity index (χ1n) is 3.70. The third-order valence-corrected chi connectivity index (χ3v) is 1.53. The molecule has 2 N–H and O–H groups in total. The third kappa shape index (κ3) is 2.24. The molecule has 0 saturated heterocycles. The Labute approximate surface area is 76.4 Å². The monoisotopic (exact) mass is 175 g/mol. The molecule has 13 heavy (non-hydrogen) atoms. The van der Waals surface area contributed by atoms with E-state index in [0.29, 0.717) is 5.69 Å². The van der Waals surface area contributed by atoms with E-state index in [4.69, 9.17) is 6.42 Å². The summed E-state index contributed by atoms with van der Waals surface area (Å²) in [5.41, 5.74) is 1.24. The van der Waals surface area contributed by atoms with Crippen molar-refractivity contribution in [2.45, 2.75) is 6.92 Å². The largest absolute Gasteiger partial charge is 0.506 e. The Kier molecular flexibility index (Phi) is 2.56. The molecule has 0 unspecified atom stereocenters. The summed E-state index contributed by atoms with van der Waals surface area (Å²) in [5, 5.41) is 11.7. The minimum Gasteiger partial charge on any atom is -0.506 e. The van der Waals surface area contributed by atoms with Crippen molar-refractivity contribution in [3.05, 3.63) is 23.8 Å². The first-order valence-corrected chi connectivity index (χ1v) is 3.70. The van der Waals surface area contributed by atoms with E-state index in [1.165, 1.54) is 0 Å². The van der Waals surface area contributed by atoms with E-state index in [1.807, 2.05) is 12.8 Å². The maximum atomic E-state index is 10.8. The van der Waals surface area contributed by atoms with Crippen LogP contribution in [0.1, 0.15) is 5.56 Å². The molecule has 0 aliphatic heterocycles. The zero-order valence-electron chi connectivity index (χ0n) is 7.16. The van der Waals surface area contributed by atoms with E-state index in [-0.39, 0.29) is 5.75 Å². The molecule has 0 fully saturated rings. The number of benzene rings is 1. The zero-order chi connectivity index (χ0) is 9.84. The molecule has 0 bridgehead atoms. The van der Waals surface area contributed by atoms with Gasteiger partial charge in [-0.05, 0) is 30.5 Å². The molecule has 0 spiro atoms. The summed E-state index contributed by atoms with van der Waals surface area (Å²) in [7, 11) is 0. The van der Waals surface area contributed by atoms with Crippen LogP contribution in [0.3, 0.4) is 0 Å². The number of phenols is 1. The Morgan fingerprint density at radius 2 is 2.31 bits per heavy atom. The topological polar surface area (TPSA) is 49.3 Å². The number of terminal acetylenes is 1. The van der Waals surface area contributed by atoms with Gasteiger partial charge in [-0.2, -0.15) is 0 Å². The van der Waals surface area contributed by atoms with E-state index in [9.17, 15) is 9.90 Å². The lowest BCUT2D eigenvalue weighted by Crippen LogP contribution is -2.07. The minimum absolute atomic E-state index is 0.0172. The number of carbonyl (C=O) groups excluding carboxylic acids is 1. The Morgan fingerprint density at radius 3 is 2.85 bits per heavy atom. The number of anilines is 1. The molecule has 3 heteroatoms. The van der Waals surface area contributed by atoms with Gasteiger partial charge in [-0.1, -0.05) is 6.07 Å². The first kappa shape index (κ1) is 9.14. The van der Waals surface area contributed by atoms with Gasteiger partial charge < -0.3 is 10.4 Å². The molecular formula is C10H9NO2. The fourth-order valence-corrected chi connectivity index (χ4v) is 0.906. The highest BCUT2D eigenvalue weighted by molar-refractivity contribution is 6.04. The number of rotatable bonds is 1. The summed E-state index contributed by atoms with van der Waals surface area (Å²) in [6, 6.07) is 4.91. The Bertz CT molecular complexity index is 377. The van der Waals surface area contributed by atoms with Crippen molar-refractivity contribution in [3.63, 3.8) is 0 Å². The van der Waals surface area contributed by atoms with Gasteiger partial charge in [0.1, 0.15) is 5.75 Å². The van der Waals surface area contributed by atoms with Gasteiger partial charge in [0, 0.05) is 0 Å². The summed E-state index contributed by atoms with van der Waals surface area (Å²) in [6.45, 7) is 1.84. The Hall–Kier alpha value is -1.95. The van der Waals surface area contributed by atoms with Gasteiger partial charge in [0.05, 0.1) is 5.69 Å². The van der Waals surface area contributed by atoms with E-state index in [2.05, 4.69) is 5.32 Å². The van der Waals surface area contributed by atoms with Crippen LogP contribution in [0.15, 0.2) is 18.2 Å². The summed E-state index contributed by atoms with van der Waals surface area (Å²) in [5.74, 6) is 1.34. The molecule has 1 aromatic rings. The van der Waals surface area contributed by atoms with Crippen LogP contribution in [-0.2, 0) is 4.79 Å². The van der Waals surface area contributed by atoms with Gasteiger partial charge in [0.15, 0.2) is 0 Å². The molecule has 66 valence electrons. The molecule has 0 saturated carbocycles. The number of hydrogen-bond acceptors (Lipinski definition) is 2. The van der Waals surface area contributed by atoms with Gasteiger partial charge in [-0.3, -0.25) is 4.79 Å². The maximum absolute atomic E-state index is 10.8. The van der Waals surface area contributed by atoms with Crippen LogP contribution in [-0.4, -0.2) is 11.0 Å². The van der Waals surface area contributed by atoms with E-state index < -0.39 is 5.91 Å². The van der Waals surface area contributed by atoms with Crippen LogP contribution in [0.5, 0.6) is 5.75 Å². The number of phenolic OH excluding ortho intramolecular Hbond substituents is 1. The van der Waals surface area contributed by atoms with Crippen molar-refractivity contribution in [1.29, 1.82) is 0 Å². The van der Waals surface area contributed by atoms with Crippen molar-refractivity contribution in [2.75, 3.05) is 5.32 Å². The van der Waals surface area contributed by atoms with Crippen molar-refractivity contribution in [3.8, 4) is 18.1 Å². The van der Waals surface area contributed by atoms with Crippen LogP contribution in [0.2, 0.25) is 0 Å². The second-order valence-electron chi connectivity index (χ2n) is 2.62. The molecule has 3 nitrogen and oxygen atoms in total. The molecule has 0 radical (unpaired) electrons. The minimum atomic E-state index is -0.570. The molecule has 0 atom stereocenters. The average molecular weight is 175 g/mol. The van der Waals surface area contributed by atoms with Crippen molar-refractivity contribution >= 4 is 11.6 Å². The molecule has 1 amide bonds. The highest BCUT2D eigenvalue weighted by Gasteiger charge is 2.02. The second-order valence-corrected chi connectivity index (χ2v) is 2.62. The zero-order valence-corrected chi connectivity index (χ0v) is 7.16. The van der Waals surface area contributed by atoms with Crippen molar-refractivity contribution < 1.29 is 9.90 Å². The molecular weight excluding hydrogens is 166 g/mol. The van der Waals surface area contributed by atoms with Crippen molar-refractivity contribution in [2.24, 2.45) is 0 Å². The van der Waals surface area contributed by atoms with Crippen LogP contribution < -0.4 is 5.32 Å². The van der Waals surface area contributed by atoms with Gasteiger partial charge in [-0.15, -0.1) is 6.42 Å². The van der Waals surface area contributed by atoms with Gasteiger partial charge in [0.2, 0.25) is 0 Å². The summed E-state index contributed by atoms with van der Waals surface area (Å²) >= 11 is 0. The Balaban J connectivity index is 2.91. The average Bonchev–Trinajstić information content (AvgIpc) is 2.09. The highest BCUT2D eigenvalue weighted by Crippen LogP contribution is 2.23. The SMILES string of the molecule is C#CC(=O)Nc1ccc(C)cc1O. The number of aromatic hydroxyl groups is 1. The third-order valence-electron chi connectivity index (χ3n) is 1.53. The summed E-state index contributed by atoms with van der Waals surface area (Å²) < 4.78 is 0. The van der Waals surface area contributed by atoms with Gasteiger partial charge in [0.25, 0.3) is 5.91 Å². The predicted molar refractivity (Wildman–Crippen MR) is 50.3 cm³/mol. The molecule has 0 aliphatic carbocycles. The summed E-state index contributed by atoms with van der Waals surface area (Å²) in [6.07, 6.45) is 4.86. The number of hydrogen-bond donors (Lipinski definition) is 2. The quantitative estimate of drug-likeness (QED) is 0.499. The highest BCUT2D eigenvalue weighted by atomic mass is 16.3. The summed E-state index contributed by atoms with van der Waals surface area (Å²) in [4.78, 5) is 10.8. The standard InChI is InChI=1S/C10H9NO2/c1-3-10(13)11-8-5-4-7(2)6-9(8)12/h1,4-6,12H,2H3,(H,11,13). The van der Waals surface area contributed by atoms with Crippen LogP contribution in [0, 0.1) is 19.3 Å². The molecule has 1 aromatic carbocycles. The lowest BCUT2D eigenvalue weighted by Gasteiger charge is -2.04. The smallest absolute Gasteiger partial charge is 0.300 e. The van der Waals surface area contributed by atoms with Gasteiger partial charge in [-0.25, -0.2) is 0 Å². The maximum Gasteiger partial charge on any atom is 0.300 e. The van der Waals surface area contributed by atoms with Gasteiger partial charge >= 0.3 is 0 Å². The number of aryl methyl sites for hydroxylation is 1. The first-order chi connectivity index (χ1) is 6.13. The normalized spacial score (nSPS) is 8.92. The number of nitrogens with one attached hydrogen (secondary N) is 1. The molecule has 0 aromatic heterocycles. The Morgan fingerprint density at radius 1 is 1.62 bits per heavy atom. The van der Waals surface area contributed by atoms with E-state index in [0.717, 1.165) is 5.56 Å². The van der Waals surface area contributed by atoms with Crippen LogP contribution >= 0.6 is 0 Å². The number of amides is 1. The predicted octanol–water partition coefficient (Wildman–Crippen LogP) is 1.27. The fourth-order valence-electron chi connectivity index (χ4n) is 0.906. The fraction of sp³-hybridized carbons (Fsp3) is 0.100. The molecule has 0 heterocycles. The van der Waals surface area contributed by atoms with Crippen LogP contribution in [0.25, 0.3) is 0 Å². The number of carbonyl (C=O) groups is 1. The van der Waals surface area contributed by atoms with E-state index in [1.54, 1.807) is 18.2 Å². The second kappa shape index (κ2) is 3.63. The lowest BCUT2D eigenvalue weighted by molar-refractivity contribution is -0.111. The van der Waals surface area contributed by atoms with E-state index >= 15 is 0 Å². The molecule has 1 rings (SSSR count). The lowest BCUT2D eigenvalue weighted by atomic mass is 10.2. The molecule has 0 aliphatic rings. The van der Waals surface area contributed by atoms with Crippen molar-refractivity contribution in [1.82, 2.24) is 0 Å². The van der Waals surface area contributed by atoms with Crippen LogP contribution in [0.4, 0.5) is 5.69 Å².